The number of hydrogen-bond donors (Lipinski definition) is 1. The molecule has 14 heavy (non-hydrogen) atoms. The zero-order chi connectivity index (χ0) is 10.3. The Balaban J connectivity index is 2.52. The third kappa shape index (κ3) is 1.28. The lowest BCUT2D eigenvalue weighted by Gasteiger charge is -2.16. The highest BCUT2D eigenvalue weighted by atomic mass is 16.7. The summed E-state index contributed by atoms with van der Waals surface area (Å²) in [6, 6.07) is 4.81. The second-order valence-corrected chi connectivity index (χ2v) is 3.54. The molecule has 0 fully saturated rings. The molecule has 0 aromatic heterocycles. The molecule has 0 amide bonds. The maximum absolute atomic E-state index is 10.8. The van der Waals surface area contributed by atoms with Crippen molar-refractivity contribution in [3.8, 4) is 11.5 Å². The second kappa shape index (κ2) is 2.64. The van der Waals surface area contributed by atoms with E-state index in [1.165, 1.54) is 6.07 Å². The van der Waals surface area contributed by atoms with Crippen molar-refractivity contribution in [3.63, 3.8) is 0 Å². The topological polar surface area (TPSA) is 55.8 Å². The third-order valence-electron chi connectivity index (χ3n) is 1.91. The Kier molecular flexibility index (Phi) is 1.67. The van der Waals surface area contributed by atoms with Crippen LogP contribution >= 0.6 is 0 Å². The lowest BCUT2D eigenvalue weighted by molar-refractivity contribution is -0.0434. The first kappa shape index (κ1) is 8.87. The van der Waals surface area contributed by atoms with Crippen LogP contribution in [0.5, 0.6) is 11.5 Å². The molecule has 0 aliphatic carbocycles. The minimum atomic E-state index is -1.01. The number of carboxylic acids is 1. The maximum atomic E-state index is 10.8. The molecule has 4 heteroatoms. The average molecular weight is 194 g/mol. The summed E-state index contributed by atoms with van der Waals surface area (Å²) >= 11 is 0. The van der Waals surface area contributed by atoms with Gasteiger partial charge in [0.1, 0.15) is 5.56 Å². The number of carboxylic acid groups (broad SMARTS) is 1. The number of aromatic carboxylic acids is 1. The van der Waals surface area contributed by atoms with E-state index in [0.29, 0.717) is 11.5 Å². The number of rotatable bonds is 1. The molecule has 0 unspecified atom stereocenters. The second-order valence-electron chi connectivity index (χ2n) is 3.54. The van der Waals surface area contributed by atoms with Crippen molar-refractivity contribution in [1.82, 2.24) is 0 Å². The Hall–Kier alpha value is -1.71. The molecule has 2 rings (SSSR count). The molecule has 74 valence electrons. The minimum absolute atomic E-state index is 0.132. The van der Waals surface area contributed by atoms with Crippen molar-refractivity contribution >= 4 is 5.97 Å². The molecule has 0 saturated heterocycles. The van der Waals surface area contributed by atoms with E-state index in [1.54, 1.807) is 26.0 Å². The number of ether oxygens (including phenoxy) is 2. The van der Waals surface area contributed by atoms with Crippen LogP contribution in [0.15, 0.2) is 18.2 Å². The van der Waals surface area contributed by atoms with Gasteiger partial charge in [-0.3, -0.25) is 0 Å². The maximum Gasteiger partial charge on any atom is 0.339 e. The Morgan fingerprint density at radius 1 is 1.36 bits per heavy atom. The molecule has 1 aliphatic rings. The normalized spacial score (nSPS) is 16.7. The monoisotopic (exact) mass is 194 g/mol. The van der Waals surface area contributed by atoms with E-state index in [4.69, 9.17) is 14.6 Å². The first-order valence-corrected chi connectivity index (χ1v) is 4.24. The van der Waals surface area contributed by atoms with Gasteiger partial charge in [-0.2, -0.15) is 0 Å². The van der Waals surface area contributed by atoms with Crippen LogP contribution in [0.25, 0.3) is 0 Å². The largest absolute Gasteiger partial charge is 0.478 e. The third-order valence-corrected chi connectivity index (χ3v) is 1.91. The van der Waals surface area contributed by atoms with Gasteiger partial charge in [-0.25, -0.2) is 4.79 Å². The Morgan fingerprint density at radius 2 is 2.07 bits per heavy atom. The van der Waals surface area contributed by atoms with Crippen molar-refractivity contribution in [1.29, 1.82) is 0 Å². The molecule has 0 spiro atoms. The Labute approximate surface area is 81.1 Å². The minimum Gasteiger partial charge on any atom is -0.478 e. The van der Waals surface area contributed by atoms with E-state index in [0.717, 1.165) is 0 Å². The summed E-state index contributed by atoms with van der Waals surface area (Å²) in [6.07, 6.45) is 0. The van der Waals surface area contributed by atoms with Crippen molar-refractivity contribution in [3.05, 3.63) is 23.8 Å². The van der Waals surface area contributed by atoms with Crippen LogP contribution in [0.1, 0.15) is 24.2 Å². The number of carbonyl (C=O) groups is 1. The molecule has 0 radical (unpaired) electrons. The predicted octanol–water partition coefficient (Wildman–Crippen LogP) is 1.89. The predicted molar refractivity (Wildman–Crippen MR) is 48.7 cm³/mol. The van der Waals surface area contributed by atoms with Gasteiger partial charge in [-0.15, -0.1) is 0 Å². The number of benzene rings is 1. The van der Waals surface area contributed by atoms with E-state index in [-0.39, 0.29) is 5.56 Å². The summed E-state index contributed by atoms with van der Waals surface area (Å²) in [4.78, 5) is 10.8. The molecule has 1 aliphatic heterocycles. The van der Waals surface area contributed by atoms with Gasteiger partial charge in [0, 0.05) is 13.8 Å². The summed E-state index contributed by atoms with van der Waals surface area (Å²) in [5, 5.41) is 8.88. The van der Waals surface area contributed by atoms with Crippen LogP contribution < -0.4 is 9.47 Å². The van der Waals surface area contributed by atoms with Gasteiger partial charge in [0.05, 0.1) is 0 Å². The average Bonchev–Trinajstić information content (AvgIpc) is 2.36. The zero-order valence-electron chi connectivity index (χ0n) is 7.90. The van der Waals surface area contributed by atoms with Crippen LogP contribution in [0.3, 0.4) is 0 Å². The van der Waals surface area contributed by atoms with Crippen LogP contribution in [0.2, 0.25) is 0 Å². The summed E-state index contributed by atoms with van der Waals surface area (Å²) in [5.41, 5.74) is 0.132. The van der Waals surface area contributed by atoms with Gasteiger partial charge in [0.25, 0.3) is 0 Å². The molecular formula is C10H10O4. The standard InChI is InChI=1S/C10H10O4/c1-10(2)13-7-5-3-4-6(9(11)12)8(7)14-10/h3-5H,1-2H3,(H,11,12). The van der Waals surface area contributed by atoms with Gasteiger partial charge in [-0.05, 0) is 12.1 Å². The first-order valence-electron chi connectivity index (χ1n) is 4.24. The van der Waals surface area contributed by atoms with Crippen molar-refractivity contribution in [2.75, 3.05) is 0 Å². The van der Waals surface area contributed by atoms with Crippen LogP contribution in [0.4, 0.5) is 0 Å². The first-order chi connectivity index (χ1) is 6.49. The van der Waals surface area contributed by atoms with E-state index in [1.807, 2.05) is 0 Å². The summed E-state index contributed by atoms with van der Waals surface area (Å²) in [5.74, 6) is -1.00. The highest BCUT2D eigenvalue weighted by molar-refractivity contribution is 5.92. The van der Waals surface area contributed by atoms with Crippen molar-refractivity contribution < 1.29 is 19.4 Å². The van der Waals surface area contributed by atoms with Gasteiger partial charge < -0.3 is 14.6 Å². The SMILES string of the molecule is CC1(C)Oc2cccc(C(=O)O)c2O1. The Morgan fingerprint density at radius 3 is 2.71 bits per heavy atom. The van der Waals surface area contributed by atoms with Gasteiger partial charge >= 0.3 is 5.97 Å². The van der Waals surface area contributed by atoms with Gasteiger partial charge in [0.2, 0.25) is 5.79 Å². The van der Waals surface area contributed by atoms with Gasteiger partial charge in [0.15, 0.2) is 11.5 Å². The summed E-state index contributed by atoms with van der Waals surface area (Å²) in [7, 11) is 0. The van der Waals surface area contributed by atoms with E-state index < -0.39 is 11.8 Å². The fraction of sp³-hybridized carbons (Fsp3) is 0.300. The highest BCUT2D eigenvalue weighted by Gasteiger charge is 2.34. The molecule has 1 aromatic carbocycles. The van der Waals surface area contributed by atoms with E-state index in [9.17, 15) is 4.79 Å². The lowest BCUT2D eigenvalue weighted by Crippen LogP contribution is -2.30. The van der Waals surface area contributed by atoms with Crippen molar-refractivity contribution in [2.45, 2.75) is 19.6 Å². The van der Waals surface area contributed by atoms with Gasteiger partial charge in [-0.1, -0.05) is 6.07 Å². The molecule has 1 N–H and O–H groups in total. The number of fused-ring (bicyclic) bond motifs is 1. The lowest BCUT2D eigenvalue weighted by atomic mass is 10.2. The fourth-order valence-electron chi connectivity index (χ4n) is 1.40. The van der Waals surface area contributed by atoms with Crippen LogP contribution in [-0.2, 0) is 0 Å². The number of hydrogen-bond acceptors (Lipinski definition) is 3. The van der Waals surface area contributed by atoms with E-state index >= 15 is 0 Å². The number of para-hydroxylation sites is 1. The summed E-state index contributed by atoms with van der Waals surface area (Å²) < 4.78 is 10.8. The Bertz CT molecular complexity index is 395. The van der Waals surface area contributed by atoms with E-state index in [2.05, 4.69) is 0 Å². The molecule has 4 nitrogen and oxygen atoms in total. The molecule has 1 heterocycles. The van der Waals surface area contributed by atoms with Crippen LogP contribution in [0, 0.1) is 0 Å². The zero-order valence-corrected chi connectivity index (χ0v) is 7.90. The molecular weight excluding hydrogens is 184 g/mol. The quantitative estimate of drug-likeness (QED) is 0.741. The smallest absolute Gasteiger partial charge is 0.339 e. The molecule has 0 bridgehead atoms. The highest BCUT2D eigenvalue weighted by Crippen LogP contribution is 2.41. The summed E-state index contributed by atoms with van der Waals surface area (Å²) in [6.45, 7) is 3.47. The van der Waals surface area contributed by atoms with Crippen LogP contribution in [-0.4, -0.2) is 16.9 Å². The van der Waals surface area contributed by atoms with Crippen molar-refractivity contribution in [2.24, 2.45) is 0 Å². The molecule has 0 atom stereocenters. The molecule has 1 aromatic rings. The molecule has 0 saturated carbocycles. The fourth-order valence-corrected chi connectivity index (χ4v) is 1.40.